The molecule has 2 amide bonds. The van der Waals surface area contributed by atoms with E-state index >= 15 is 0 Å². The van der Waals surface area contributed by atoms with E-state index in [2.05, 4.69) is 0 Å². The van der Waals surface area contributed by atoms with E-state index in [-0.39, 0.29) is 6.03 Å². The minimum Gasteiger partial charge on any atom is -0.480 e. The summed E-state index contributed by atoms with van der Waals surface area (Å²) < 4.78 is 0. The van der Waals surface area contributed by atoms with Crippen LogP contribution in [0.25, 0.3) is 0 Å². The first-order valence-corrected chi connectivity index (χ1v) is 6.55. The Kier molecular flexibility index (Phi) is 4.92. The van der Waals surface area contributed by atoms with E-state index in [1.54, 1.807) is 18.9 Å². The summed E-state index contributed by atoms with van der Waals surface area (Å²) in [7, 11) is 1.56. The molecule has 6 heteroatoms. The molecule has 1 aliphatic rings. The highest BCUT2D eigenvalue weighted by molar-refractivity contribution is 7.99. The molecular weight excluding hydrogens is 228 g/mol. The number of carboxylic acids is 1. The van der Waals surface area contributed by atoms with Gasteiger partial charge in [-0.15, -0.1) is 0 Å². The van der Waals surface area contributed by atoms with Gasteiger partial charge in [0.15, 0.2) is 0 Å². The summed E-state index contributed by atoms with van der Waals surface area (Å²) in [6.07, 6.45) is 0.431. The first-order chi connectivity index (χ1) is 7.57. The summed E-state index contributed by atoms with van der Waals surface area (Å²) in [6.45, 7) is 3.20. The SMILES string of the molecule is CCC(C(=O)O)N(C)C(=O)N1CCSCC1. The number of nitrogens with zero attached hydrogens (tertiary/aromatic N) is 2. The van der Waals surface area contributed by atoms with Crippen molar-refractivity contribution in [3.8, 4) is 0 Å². The van der Waals surface area contributed by atoms with E-state index in [0.717, 1.165) is 11.5 Å². The summed E-state index contributed by atoms with van der Waals surface area (Å²) in [5.74, 6) is 0.928. The Morgan fingerprint density at radius 3 is 2.44 bits per heavy atom. The fourth-order valence-corrected chi connectivity index (χ4v) is 2.63. The minimum absolute atomic E-state index is 0.172. The zero-order chi connectivity index (χ0) is 12.1. The molecule has 1 atom stereocenters. The second-order valence-corrected chi connectivity index (χ2v) is 4.98. The lowest BCUT2D eigenvalue weighted by Crippen LogP contribution is -2.50. The highest BCUT2D eigenvalue weighted by atomic mass is 32.2. The second-order valence-electron chi connectivity index (χ2n) is 3.76. The van der Waals surface area contributed by atoms with Gasteiger partial charge in [0.2, 0.25) is 0 Å². The Hall–Kier alpha value is -0.910. The van der Waals surface area contributed by atoms with E-state index in [0.29, 0.717) is 19.5 Å². The number of urea groups is 1. The number of carboxylic acid groups (broad SMARTS) is 1. The average Bonchev–Trinajstić information content (AvgIpc) is 2.29. The van der Waals surface area contributed by atoms with E-state index in [1.807, 2.05) is 11.8 Å². The van der Waals surface area contributed by atoms with Crippen LogP contribution in [-0.4, -0.2) is 64.6 Å². The third kappa shape index (κ3) is 3.04. The number of likely N-dealkylation sites (N-methyl/N-ethyl adjacent to an activating group) is 1. The Bertz CT molecular complexity index is 267. The van der Waals surface area contributed by atoms with Crippen LogP contribution in [-0.2, 0) is 4.79 Å². The molecule has 1 heterocycles. The molecular formula is C10H18N2O3S. The first kappa shape index (κ1) is 13.2. The van der Waals surface area contributed by atoms with Crippen LogP contribution >= 0.6 is 11.8 Å². The summed E-state index contributed by atoms with van der Waals surface area (Å²) in [5.41, 5.74) is 0. The first-order valence-electron chi connectivity index (χ1n) is 5.40. The van der Waals surface area contributed by atoms with Gasteiger partial charge in [0.25, 0.3) is 0 Å². The molecule has 1 aliphatic heterocycles. The van der Waals surface area contributed by atoms with Crippen molar-refractivity contribution in [2.45, 2.75) is 19.4 Å². The molecule has 1 saturated heterocycles. The predicted octanol–water partition coefficient (Wildman–Crippen LogP) is 0.950. The number of thioether (sulfide) groups is 1. The van der Waals surface area contributed by atoms with E-state index < -0.39 is 12.0 Å². The van der Waals surface area contributed by atoms with Crippen LogP contribution < -0.4 is 0 Å². The number of carbonyl (C=O) groups excluding carboxylic acids is 1. The van der Waals surface area contributed by atoms with Crippen molar-refractivity contribution in [2.75, 3.05) is 31.6 Å². The quantitative estimate of drug-likeness (QED) is 0.805. The molecule has 0 spiro atoms. The van der Waals surface area contributed by atoms with Crippen molar-refractivity contribution >= 4 is 23.8 Å². The molecule has 1 N–H and O–H groups in total. The molecule has 92 valence electrons. The number of hydrogen-bond donors (Lipinski definition) is 1. The van der Waals surface area contributed by atoms with Crippen molar-refractivity contribution in [1.29, 1.82) is 0 Å². The van der Waals surface area contributed by atoms with Gasteiger partial charge < -0.3 is 14.9 Å². The van der Waals surface area contributed by atoms with Gasteiger partial charge in [-0.25, -0.2) is 9.59 Å². The zero-order valence-electron chi connectivity index (χ0n) is 9.68. The second kappa shape index (κ2) is 5.98. The summed E-state index contributed by atoms with van der Waals surface area (Å²) in [5, 5.41) is 8.97. The lowest BCUT2D eigenvalue weighted by Gasteiger charge is -2.33. The maximum Gasteiger partial charge on any atom is 0.326 e. The fraction of sp³-hybridized carbons (Fsp3) is 0.800. The molecule has 1 unspecified atom stereocenters. The number of carbonyl (C=O) groups is 2. The smallest absolute Gasteiger partial charge is 0.326 e. The molecule has 0 aromatic rings. The Balaban J connectivity index is 2.60. The van der Waals surface area contributed by atoms with Crippen molar-refractivity contribution in [1.82, 2.24) is 9.80 Å². The van der Waals surface area contributed by atoms with E-state index in [4.69, 9.17) is 5.11 Å². The molecule has 0 saturated carbocycles. The molecule has 16 heavy (non-hydrogen) atoms. The highest BCUT2D eigenvalue weighted by Crippen LogP contribution is 2.13. The molecule has 0 aromatic carbocycles. The van der Waals surface area contributed by atoms with Gasteiger partial charge in [-0.05, 0) is 6.42 Å². The summed E-state index contributed by atoms with van der Waals surface area (Å²) >= 11 is 1.82. The van der Waals surface area contributed by atoms with Crippen LogP contribution in [0.15, 0.2) is 0 Å². The maximum atomic E-state index is 12.0. The largest absolute Gasteiger partial charge is 0.480 e. The van der Waals surface area contributed by atoms with Crippen molar-refractivity contribution in [3.05, 3.63) is 0 Å². The van der Waals surface area contributed by atoms with Gasteiger partial charge in [0.1, 0.15) is 6.04 Å². The van der Waals surface area contributed by atoms with Gasteiger partial charge >= 0.3 is 12.0 Å². The molecule has 0 aliphatic carbocycles. The normalized spacial score (nSPS) is 18.0. The Morgan fingerprint density at radius 1 is 1.44 bits per heavy atom. The molecule has 5 nitrogen and oxygen atoms in total. The van der Waals surface area contributed by atoms with Gasteiger partial charge in [-0.2, -0.15) is 11.8 Å². The van der Waals surface area contributed by atoms with Gasteiger partial charge in [0.05, 0.1) is 0 Å². The van der Waals surface area contributed by atoms with Gasteiger partial charge in [-0.3, -0.25) is 0 Å². The van der Waals surface area contributed by atoms with Crippen molar-refractivity contribution in [2.24, 2.45) is 0 Å². The monoisotopic (exact) mass is 246 g/mol. The van der Waals surface area contributed by atoms with Gasteiger partial charge in [-0.1, -0.05) is 6.92 Å². The van der Waals surface area contributed by atoms with Crippen LogP contribution in [0.1, 0.15) is 13.3 Å². The van der Waals surface area contributed by atoms with E-state index in [9.17, 15) is 9.59 Å². The number of hydrogen-bond acceptors (Lipinski definition) is 3. The van der Waals surface area contributed by atoms with Gasteiger partial charge in [0, 0.05) is 31.6 Å². The standard InChI is InChI=1S/C10H18N2O3S/c1-3-8(9(13)14)11(2)10(15)12-4-6-16-7-5-12/h8H,3-7H2,1-2H3,(H,13,14). The third-order valence-electron chi connectivity index (χ3n) is 2.72. The van der Waals surface area contributed by atoms with E-state index in [1.165, 1.54) is 4.90 Å². The van der Waals surface area contributed by atoms with Crippen LogP contribution in [0, 0.1) is 0 Å². The van der Waals surface area contributed by atoms with Crippen LogP contribution in [0.4, 0.5) is 4.79 Å². The molecule has 1 rings (SSSR count). The molecule has 1 fully saturated rings. The van der Waals surface area contributed by atoms with Crippen molar-refractivity contribution in [3.63, 3.8) is 0 Å². The number of amides is 2. The van der Waals surface area contributed by atoms with Crippen LogP contribution in [0.2, 0.25) is 0 Å². The average molecular weight is 246 g/mol. The lowest BCUT2D eigenvalue weighted by atomic mass is 10.2. The minimum atomic E-state index is -0.940. The maximum absolute atomic E-state index is 12.0. The molecule has 0 aromatic heterocycles. The highest BCUT2D eigenvalue weighted by Gasteiger charge is 2.28. The number of rotatable bonds is 3. The number of aliphatic carboxylic acids is 1. The Labute approximate surface area is 99.8 Å². The topological polar surface area (TPSA) is 60.9 Å². The molecule has 0 bridgehead atoms. The summed E-state index contributed by atoms with van der Waals surface area (Å²) in [6, 6.07) is -0.892. The third-order valence-corrected chi connectivity index (χ3v) is 3.67. The molecule has 0 radical (unpaired) electrons. The zero-order valence-corrected chi connectivity index (χ0v) is 10.5. The predicted molar refractivity (Wildman–Crippen MR) is 63.8 cm³/mol. The Morgan fingerprint density at radius 2 is 2.00 bits per heavy atom. The van der Waals surface area contributed by atoms with Crippen LogP contribution in [0.3, 0.4) is 0 Å². The van der Waals surface area contributed by atoms with Crippen LogP contribution in [0.5, 0.6) is 0 Å². The fourth-order valence-electron chi connectivity index (χ4n) is 1.73. The van der Waals surface area contributed by atoms with Crippen molar-refractivity contribution < 1.29 is 14.7 Å². The lowest BCUT2D eigenvalue weighted by molar-refractivity contribution is -0.142. The summed E-state index contributed by atoms with van der Waals surface area (Å²) in [4.78, 5) is 26.0.